The molecule has 0 amide bonds. The highest BCUT2D eigenvalue weighted by atomic mass is 16.5. The largest absolute Gasteiger partial charge is 0.378 e. The predicted octanol–water partition coefficient (Wildman–Crippen LogP) is 3.53. The van der Waals surface area contributed by atoms with Crippen LogP contribution in [0.2, 0.25) is 0 Å². The molecule has 0 bridgehead atoms. The predicted molar refractivity (Wildman–Crippen MR) is 79.7 cm³/mol. The molecule has 2 unspecified atom stereocenters. The highest BCUT2D eigenvalue weighted by Crippen LogP contribution is 2.28. The molecule has 0 aromatic heterocycles. The van der Waals surface area contributed by atoms with Crippen LogP contribution in [0.1, 0.15) is 77.0 Å². The van der Waals surface area contributed by atoms with E-state index in [0.29, 0.717) is 12.1 Å². The van der Waals surface area contributed by atoms with Crippen molar-refractivity contribution in [1.82, 2.24) is 5.43 Å². The molecule has 1 saturated heterocycles. The molecule has 2 aliphatic rings. The summed E-state index contributed by atoms with van der Waals surface area (Å²) in [4.78, 5) is 0. The van der Waals surface area contributed by atoms with E-state index in [1.165, 1.54) is 77.0 Å². The molecule has 3 N–H and O–H groups in total. The number of hydrogen-bond acceptors (Lipinski definition) is 3. The van der Waals surface area contributed by atoms with E-state index >= 15 is 0 Å². The Hall–Kier alpha value is -0.120. The number of rotatable bonds is 8. The van der Waals surface area contributed by atoms with Gasteiger partial charge in [-0.3, -0.25) is 11.3 Å². The first-order valence-corrected chi connectivity index (χ1v) is 8.46. The van der Waals surface area contributed by atoms with E-state index in [4.69, 9.17) is 10.6 Å². The van der Waals surface area contributed by atoms with Gasteiger partial charge in [0.25, 0.3) is 0 Å². The average Bonchev–Trinajstić information content (AvgIpc) is 2.97. The molecule has 3 nitrogen and oxygen atoms in total. The summed E-state index contributed by atoms with van der Waals surface area (Å²) in [5, 5.41) is 0. The summed E-state index contributed by atoms with van der Waals surface area (Å²) in [6.45, 7) is 0.977. The SMILES string of the molecule is NNC(CCCC1CCCO1)CCC1CCCCC1. The van der Waals surface area contributed by atoms with Gasteiger partial charge in [0.15, 0.2) is 0 Å². The molecule has 19 heavy (non-hydrogen) atoms. The molecule has 0 spiro atoms. The normalized spacial score (nSPS) is 26.7. The Bertz CT molecular complexity index is 223. The van der Waals surface area contributed by atoms with Crippen molar-refractivity contribution in [2.24, 2.45) is 11.8 Å². The van der Waals surface area contributed by atoms with E-state index in [-0.39, 0.29) is 0 Å². The lowest BCUT2D eigenvalue weighted by molar-refractivity contribution is 0.101. The Balaban J connectivity index is 1.54. The Kier molecular flexibility index (Phi) is 7.18. The first-order valence-electron chi connectivity index (χ1n) is 8.46. The molecule has 112 valence electrons. The third kappa shape index (κ3) is 5.80. The summed E-state index contributed by atoms with van der Waals surface area (Å²) < 4.78 is 5.67. The van der Waals surface area contributed by atoms with Crippen LogP contribution >= 0.6 is 0 Å². The molecule has 1 aliphatic carbocycles. The van der Waals surface area contributed by atoms with Gasteiger partial charge in [-0.1, -0.05) is 32.1 Å². The van der Waals surface area contributed by atoms with Gasteiger partial charge in [-0.05, 0) is 50.9 Å². The Morgan fingerprint density at radius 3 is 2.53 bits per heavy atom. The summed E-state index contributed by atoms with van der Waals surface area (Å²) in [5.41, 5.74) is 3.03. The zero-order chi connectivity index (χ0) is 13.3. The summed E-state index contributed by atoms with van der Waals surface area (Å²) in [7, 11) is 0. The Morgan fingerprint density at radius 2 is 1.84 bits per heavy atom. The molecule has 0 radical (unpaired) electrons. The van der Waals surface area contributed by atoms with Crippen molar-refractivity contribution in [2.45, 2.75) is 89.2 Å². The number of hydrogen-bond donors (Lipinski definition) is 2. The molecule has 3 heteroatoms. The molecule has 1 saturated carbocycles. The first-order chi connectivity index (χ1) is 9.38. The van der Waals surface area contributed by atoms with Crippen LogP contribution in [0.15, 0.2) is 0 Å². The topological polar surface area (TPSA) is 47.3 Å². The molecule has 0 aromatic rings. The fourth-order valence-corrected chi connectivity index (χ4v) is 3.69. The molecule has 2 atom stereocenters. The first kappa shape index (κ1) is 15.3. The van der Waals surface area contributed by atoms with Crippen molar-refractivity contribution >= 4 is 0 Å². The Morgan fingerprint density at radius 1 is 1.00 bits per heavy atom. The van der Waals surface area contributed by atoms with Gasteiger partial charge in [0.1, 0.15) is 0 Å². The van der Waals surface area contributed by atoms with Gasteiger partial charge >= 0.3 is 0 Å². The molecule has 2 fully saturated rings. The van der Waals surface area contributed by atoms with Gasteiger partial charge in [-0.2, -0.15) is 0 Å². The van der Waals surface area contributed by atoms with E-state index < -0.39 is 0 Å². The maximum atomic E-state index is 5.70. The third-order valence-corrected chi connectivity index (χ3v) is 4.99. The molecule has 0 aromatic carbocycles. The van der Waals surface area contributed by atoms with Gasteiger partial charge in [0, 0.05) is 12.6 Å². The van der Waals surface area contributed by atoms with Crippen molar-refractivity contribution in [3.63, 3.8) is 0 Å². The highest BCUT2D eigenvalue weighted by molar-refractivity contribution is 4.72. The molecule has 1 heterocycles. The number of nitrogens with one attached hydrogen (secondary N) is 1. The lowest BCUT2D eigenvalue weighted by Crippen LogP contribution is -2.35. The number of ether oxygens (including phenoxy) is 1. The van der Waals surface area contributed by atoms with Gasteiger partial charge < -0.3 is 4.74 Å². The second-order valence-corrected chi connectivity index (χ2v) is 6.51. The lowest BCUT2D eigenvalue weighted by atomic mass is 9.85. The molecule has 1 aliphatic heterocycles. The monoisotopic (exact) mass is 268 g/mol. The van der Waals surface area contributed by atoms with Crippen LogP contribution in [0.5, 0.6) is 0 Å². The maximum Gasteiger partial charge on any atom is 0.0576 e. The van der Waals surface area contributed by atoms with Crippen LogP contribution in [-0.4, -0.2) is 18.8 Å². The standard InChI is InChI=1S/C16H32N2O/c17-18-15(8-4-9-16-10-5-13-19-16)12-11-14-6-2-1-3-7-14/h14-16,18H,1-13,17H2. The van der Waals surface area contributed by atoms with Crippen molar-refractivity contribution in [3.05, 3.63) is 0 Å². The number of nitrogens with two attached hydrogens (primary N) is 1. The second kappa shape index (κ2) is 8.93. The lowest BCUT2D eigenvalue weighted by Gasteiger charge is -2.24. The van der Waals surface area contributed by atoms with Crippen molar-refractivity contribution < 1.29 is 4.74 Å². The smallest absolute Gasteiger partial charge is 0.0576 e. The maximum absolute atomic E-state index is 5.70. The summed E-state index contributed by atoms with van der Waals surface area (Å²) in [6, 6.07) is 0.517. The zero-order valence-electron chi connectivity index (χ0n) is 12.4. The second-order valence-electron chi connectivity index (χ2n) is 6.51. The van der Waals surface area contributed by atoms with Crippen molar-refractivity contribution in [1.29, 1.82) is 0 Å². The number of hydrazine groups is 1. The van der Waals surface area contributed by atoms with E-state index in [2.05, 4.69) is 5.43 Å². The van der Waals surface area contributed by atoms with Crippen LogP contribution in [0.25, 0.3) is 0 Å². The van der Waals surface area contributed by atoms with Gasteiger partial charge in [0.05, 0.1) is 6.10 Å². The van der Waals surface area contributed by atoms with Crippen LogP contribution in [-0.2, 0) is 4.74 Å². The molecule has 2 rings (SSSR count). The van der Waals surface area contributed by atoms with Crippen molar-refractivity contribution in [3.8, 4) is 0 Å². The quantitative estimate of drug-likeness (QED) is 0.523. The summed E-state index contributed by atoms with van der Waals surface area (Å²) in [5.74, 6) is 6.68. The minimum atomic E-state index is 0.517. The molecular formula is C16H32N2O. The fraction of sp³-hybridized carbons (Fsp3) is 1.00. The van der Waals surface area contributed by atoms with Crippen LogP contribution < -0.4 is 11.3 Å². The third-order valence-electron chi connectivity index (χ3n) is 4.99. The van der Waals surface area contributed by atoms with Gasteiger partial charge in [0.2, 0.25) is 0 Å². The minimum absolute atomic E-state index is 0.517. The zero-order valence-corrected chi connectivity index (χ0v) is 12.4. The highest BCUT2D eigenvalue weighted by Gasteiger charge is 2.18. The minimum Gasteiger partial charge on any atom is -0.378 e. The Labute approximate surface area is 118 Å². The fourth-order valence-electron chi connectivity index (χ4n) is 3.69. The molecular weight excluding hydrogens is 236 g/mol. The van der Waals surface area contributed by atoms with Crippen LogP contribution in [0.4, 0.5) is 0 Å². The van der Waals surface area contributed by atoms with Crippen LogP contribution in [0.3, 0.4) is 0 Å². The summed E-state index contributed by atoms with van der Waals surface area (Å²) in [6.07, 6.45) is 16.6. The van der Waals surface area contributed by atoms with Gasteiger partial charge in [-0.15, -0.1) is 0 Å². The average molecular weight is 268 g/mol. The van der Waals surface area contributed by atoms with E-state index in [1.54, 1.807) is 0 Å². The van der Waals surface area contributed by atoms with E-state index in [9.17, 15) is 0 Å². The van der Waals surface area contributed by atoms with Crippen LogP contribution in [0, 0.1) is 5.92 Å². The van der Waals surface area contributed by atoms with Crippen molar-refractivity contribution in [2.75, 3.05) is 6.61 Å². The summed E-state index contributed by atoms with van der Waals surface area (Å²) >= 11 is 0. The van der Waals surface area contributed by atoms with E-state index in [0.717, 1.165) is 12.5 Å². The van der Waals surface area contributed by atoms with Gasteiger partial charge in [-0.25, -0.2) is 0 Å². The van der Waals surface area contributed by atoms with E-state index in [1.807, 2.05) is 0 Å².